The number of nitrogens with one attached hydrogen (secondary N) is 1. The maximum atomic E-state index is 12.4. The first-order chi connectivity index (χ1) is 10.2. The van der Waals surface area contributed by atoms with Gasteiger partial charge in [-0.1, -0.05) is 18.2 Å². The zero-order valence-corrected chi connectivity index (χ0v) is 13.1. The molecule has 1 amide bonds. The number of fused-ring (bicyclic) bond motifs is 1. The number of carbonyl (C=O) groups is 1. The number of likely N-dealkylation sites (tertiary alicyclic amines) is 1. The van der Waals surface area contributed by atoms with Gasteiger partial charge < -0.3 is 10.2 Å². The molecule has 4 heteroatoms. The predicted octanol–water partition coefficient (Wildman–Crippen LogP) is 2.31. The Bertz CT molecular complexity index is 528. The maximum absolute atomic E-state index is 12.4. The van der Waals surface area contributed by atoms with Crippen molar-refractivity contribution < 1.29 is 4.79 Å². The van der Waals surface area contributed by atoms with E-state index in [-0.39, 0.29) is 5.41 Å². The van der Waals surface area contributed by atoms with Gasteiger partial charge in [-0.15, -0.1) is 11.8 Å². The van der Waals surface area contributed by atoms with Crippen LogP contribution in [-0.2, 0) is 11.2 Å². The lowest BCUT2D eigenvalue weighted by molar-refractivity contribution is -0.127. The Hall–Kier alpha value is -1.00. The molecule has 1 aromatic rings. The van der Waals surface area contributed by atoms with E-state index in [1.54, 1.807) is 0 Å². The van der Waals surface area contributed by atoms with Crippen LogP contribution in [0.25, 0.3) is 0 Å². The molecule has 0 saturated carbocycles. The first-order valence-corrected chi connectivity index (χ1v) is 8.85. The van der Waals surface area contributed by atoms with Crippen molar-refractivity contribution in [2.45, 2.75) is 35.8 Å². The molecule has 1 N–H and O–H groups in total. The Morgan fingerprint density at radius 3 is 2.90 bits per heavy atom. The van der Waals surface area contributed by atoms with Crippen LogP contribution in [0.3, 0.4) is 0 Å². The summed E-state index contributed by atoms with van der Waals surface area (Å²) in [7, 11) is 0. The van der Waals surface area contributed by atoms with Gasteiger partial charge in [0, 0.05) is 29.7 Å². The Kier molecular flexibility index (Phi) is 3.46. The van der Waals surface area contributed by atoms with E-state index in [0.717, 1.165) is 51.9 Å². The lowest BCUT2D eigenvalue weighted by Crippen LogP contribution is -2.39. The number of benzene rings is 1. The van der Waals surface area contributed by atoms with Gasteiger partial charge in [0.05, 0.1) is 0 Å². The van der Waals surface area contributed by atoms with Crippen molar-refractivity contribution in [2.24, 2.45) is 5.41 Å². The van der Waals surface area contributed by atoms with Gasteiger partial charge in [0.25, 0.3) is 0 Å². The molecular formula is C17H22N2OS. The smallest absolute Gasteiger partial charge is 0.223 e. The van der Waals surface area contributed by atoms with Gasteiger partial charge in [0.1, 0.15) is 0 Å². The summed E-state index contributed by atoms with van der Waals surface area (Å²) in [4.78, 5) is 16.0. The molecule has 3 nitrogen and oxygen atoms in total. The zero-order chi connectivity index (χ0) is 14.3. The van der Waals surface area contributed by atoms with Gasteiger partial charge >= 0.3 is 0 Å². The van der Waals surface area contributed by atoms with Crippen molar-refractivity contribution in [3.8, 4) is 0 Å². The van der Waals surface area contributed by atoms with E-state index < -0.39 is 0 Å². The molecule has 2 fully saturated rings. The molecule has 1 atom stereocenters. The van der Waals surface area contributed by atoms with Crippen LogP contribution in [0.15, 0.2) is 29.2 Å². The summed E-state index contributed by atoms with van der Waals surface area (Å²) in [5.74, 6) is 0.383. The minimum Gasteiger partial charge on any atom is -0.341 e. The molecule has 1 aromatic carbocycles. The SMILES string of the molecule is O=C1CC2(CCNCC2)CN1CC1Cc2ccccc2S1. The fourth-order valence-electron chi connectivity index (χ4n) is 4.04. The second-order valence-electron chi connectivity index (χ2n) is 6.75. The van der Waals surface area contributed by atoms with Crippen LogP contribution in [0.5, 0.6) is 0 Å². The van der Waals surface area contributed by atoms with Crippen molar-refractivity contribution in [1.29, 1.82) is 0 Å². The molecule has 3 heterocycles. The van der Waals surface area contributed by atoms with Crippen LogP contribution in [-0.4, -0.2) is 42.2 Å². The molecule has 4 rings (SSSR count). The van der Waals surface area contributed by atoms with Crippen molar-refractivity contribution in [1.82, 2.24) is 10.2 Å². The molecule has 3 aliphatic rings. The van der Waals surface area contributed by atoms with Gasteiger partial charge in [-0.25, -0.2) is 0 Å². The molecule has 1 spiro atoms. The summed E-state index contributed by atoms with van der Waals surface area (Å²) in [5.41, 5.74) is 1.73. The fourth-order valence-corrected chi connectivity index (χ4v) is 5.38. The number of thioether (sulfide) groups is 1. The van der Waals surface area contributed by atoms with Crippen LogP contribution in [0.1, 0.15) is 24.8 Å². The van der Waals surface area contributed by atoms with E-state index in [1.807, 2.05) is 11.8 Å². The predicted molar refractivity (Wildman–Crippen MR) is 85.5 cm³/mol. The lowest BCUT2D eigenvalue weighted by Gasteiger charge is -2.33. The van der Waals surface area contributed by atoms with Crippen LogP contribution in [0.2, 0.25) is 0 Å². The van der Waals surface area contributed by atoms with Crippen molar-refractivity contribution in [2.75, 3.05) is 26.2 Å². The number of rotatable bonds is 2. The highest BCUT2D eigenvalue weighted by Crippen LogP contribution is 2.42. The molecule has 1 unspecified atom stereocenters. The van der Waals surface area contributed by atoms with Crippen molar-refractivity contribution >= 4 is 17.7 Å². The number of nitrogens with zero attached hydrogens (tertiary/aromatic N) is 1. The average Bonchev–Trinajstić information content (AvgIpc) is 3.01. The van der Waals surface area contributed by atoms with Gasteiger partial charge in [0.15, 0.2) is 0 Å². The molecule has 21 heavy (non-hydrogen) atoms. The summed E-state index contributed by atoms with van der Waals surface area (Å²) in [6, 6.07) is 8.66. The summed E-state index contributed by atoms with van der Waals surface area (Å²) in [6.07, 6.45) is 4.21. The molecule has 3 aliphatic heterocycles. The third-order valence-electron chi connectivity index (χ3n) is 5.21. The summed E-state index contributed by atoms with van der Waals surface area (Å²) in [6.45, 7) is 4.06. The minimum atomic E-state index is 0.276. The van der Waals surface area contributed by atoms with Crippen LogP contribution < -0.4 is 5.32 Å². The van der Waals surface area contributed by atoms with Crippen molar-refractivity contribution in [3.63, 3.8) is 0 Å². The number of hydrogen-bond donors (Lipinski definition) is 1. The summed E-state index contributed by atoms with van der Waals surface area (Å²) >= 11 is 1.95. The van der Waals surface area contributed by atoms with Crippen LogP contribution in [0, 0.1) is 5.41 Å². The number of hydrogen-bond acceptors (Lipinski definition) is 3. The standard InChI is InChI=1S/C17H22N2OS/c20-16-10-17(5-7-18-8-6-17)12-19(16)11-14-9-13-3-1-2-4-15(13)21-14/h1-4,14,18H,5-12H2. The summed E-state index contributed by atoms with van der Waals surface area (Å²) in [5, 5.41) is 3.96. The monoisotopic (exact) mass is 302 g/mol. The van der Waals surface area contributed by atoms with E-state index >= 15 is 0 Å². The van der Waals surface area contributed by atoms with E-state index in [2.05, 4.69) is 34.5 Å². The van der Waals surface area contributed by atoms with E-state index in [4.69, 9.17) is 0 Å². The molecule has 0 aromatic heterocycles. The Morgan fingerprint density at radius 2 is 2.10 bits per heavy atom. The first kappa shape index (κ1) is 13.6. The first-order valence-electron chi connectivity index (χ1n) is 7.97. The number of amides is 1. The molecular weight excluding hydrogens is 280 g/mol. The zero-order valence-electron chi connectivity index (χ0n) is 12.3. The molecule has 0 radical (unpaired) electrons. The van der Waals surface area contributed by atoms with Gasteiger partial charge in [0.2, 0.25) is 5.91 Å². The Labute approximate surface area is 130 Å². The van der Waals surface area contributed by atoms with Crippen LogP contribution >= 0.6 is 11.8 Å². The molecule has 2 saturated heterocycles. The highest BCUT2D eigenvalue weighted by atomic mass is 32.2. The Morgan fingerprint density at radius 1 is 1.29 bits per heavy atom. The van der Waals surface area contributed by atoms with E-state index in [9.17, 15) is 4.79 Å². The second-order valence-corrected chi connectivity index (χ2v) is 8.09. The molecule has 0 aliphatic carbocycles. The maximum Gasteiger partial charge on any atom is 0.223 e. The lowest BCUT2D eigenvalue weighted by atomic mass is 9.78. The minimum absolute atomic E-state index is 0.276. The highest BCUT2D eigenvalue weighted by molar-refractivity contribution is 8.00. The van der Waals surface area contributed by atoms with Gasteiger partial charge in [-0.2, -0.15) is 0 Å². The van der Waals surface area contributed by atoms with E-state index in [0.29, 0.717) is 11.2 Å². The van der Waals surface area contributed by atoms with Crippen LogP contribution in [0.4, 0.5) is 0 Å². The number of carbonyl (C=O) groups excluding carboxylic acids is 1. The second kappa shape index (κ2) is 5.33. The molecule has 0 bridgehead atoms. The number of piperidine rings is 1. The van der Waals surface area contributed by atoms with Gasteiger partial charge in [-0.3, -0.25) is 4.79 Å². The third-order valence-corrected chi connectivity index (χ3v) is 6.51. The Balaban J connectivity index is 1.41. The molecule has 112 valence electrons. The third kappa shape index (κ3) is 2.59. The quantitative estimate of drug-likeness (QED) is 0.910. The largest absolute Gasteiger partial charge is 0.341 e. The van der Waals surface area contributed by atoms with Gasteiger partial charge in [-0.05, 0) is 49.4 Å². The highest BCUT2D eigenvalue weighted by Gasteiger charge is 2.44. The normalized spacial score (nSPS) is 27.3. The van der Waals surface area contributed by atoms with E-state index in [1.165, 1.54) is 10.5 Å². The summed E-state index contributed by atoms with van der Waals surface area (Å²) < 4.78 is 0. The van der Waals surface area contributed by atoms with Crippen molar-refractivity contribution in [3.05, 3.63) is 29.8 Å². The fraction of sp³-hybridized carbons (Fsp3) is 0.588. The topological polar surface area (TPSA) is 32.3 Å². The average molecular weight is 302 g/mol.